The first-order valence-corrected chi connectivity index (χ1v) is 9.96. The second-order valence-corrected chi connectivity index (χ2v) is 7.51. The van der Waals surface area contributed by atoms with Crippen LogP contribution in [0.2, 0.25) is 0 Å². The van der Waals surface area contributed by atoms with E-state index >= 15 is 0 Å². The zero-order chi connectivity index (χ0) is 21.6. The number of nitrogens with one attached hydrogen (secondary N) is 1. The number of rotatable bonds is 6. The van der Waals surface area contributed by atoms with Crippen LogP contribution in [0.15, 0.2) is 48.7 Å². The Morgan fingerprint density at radius 1 is 1.13 bits per heavy atom. The number of alkyl halides is 3. The SMILES string of the molecule is O=C(CC[C@H]1CCCN(C(=O)Cc2ccccn2)C1)Nc1ccc(C(F)(F)F)cc1. The first-order valence-electron chi connectivity index (χ1n) is 9.96. The van der Waals surface area contributed by atoms with Gasteiger partial charge in [0.2, 0.25) is 11.8 Å². The van der Waals surface area contributed by atoms with Gasteiger partial charge in [-0.05, 0) is 61.6 Å². The van der Waals surface area contributed by atoms with Crippen LogP contribution >= 0.6 is 0 Å². The van der Waals surface area contributed by atoms with Crippen LogP contribution in [0.3, 0.4) is 0 Å². The molecule has 2 heterocycles. The lowest BCUT2D eigenvalue weighted by Crippen LogP contribution is -2.41. The molecule has 0 spiro atoms. The number of pyridine rings is 1. The summed E-state index contributed by atoms with van der Waals surface area (Å²) in [6.45, 7) is 1.32. The molecular formula is C22H24F3N3O2. The van der Waals surface area contributed by atoms with Gasteiger partial charge >= 0.3 is 6.18 Å². The van der Waals surface area contributed by atoms with Crippen LogP contribution in [-0.4, -0.2) is 34.8 Å². The summed E-state index contributed by atoms with van der Waals surface area (Å²) in [4.78, 5) is 30.7. The maximum absolute atomic E-state index is 12.6. The van der Waals surface area contributed by atoms with Gasteiger partial charge in [0.15, 0.2) is 0 Å². The van der Waals surface area contributed by atoms with Gasteiger partial charge in [-0.1, -0.05) is 6.07 Å². The topological polar surface area (TPSA) is 62.3 Å². The van der Waals surface area contributed by atoms with Crippen molar-refractivity contribution in [1.29, 1.82) is 0 Å². The average Bonchev–Trinajstić information content (AvgIpc) is 2.73. The Morgan fingerprint density at radius 2 is 1.90 bits per heavy atom. The van der Waals surface area contributed by atoms with E-state index in [-0.39, 0.29) is 30.6 Å². The van der Waals surface area contributed by atoms with Crippen molar-refractivity contribution in [2.24, 2.45) is 5.92 Å². The second kappa shape index (κ2) is 9.73. The van der Waals surface area contributed by atoms with Crippen molar-refractivity contribution in [2.45, 2.75) is 38.3 Å². The van der Waals surface area contributed by atoms with Gasteiger partial charge < -0.3 is 10.2 Å². The van der Waals surface area contributed by atoms with Gasteiger partial charge in [-0.2, -0.15) is 13.2 Å². The molecule has 1 atom stereocenters. The molecule has 2 aromatic rings. The molecular weight excluding hydrogens is 395 g/mol. The molecule has 0 radical (unpaired) electrons. The lowest BCUT2D eigenvalue weighted by atomic mass is 9.93. The average molecular weight is 419 g/mol. The number of aromatic nitrogens is 1. The van der Waals surface area contributed by atoms with E-state index in [1.165, 1.54) is 12.1 Å². The first kappa shape index (κ1) is 21.8. The predicted octanol–water partition coefficient (Wildman–Crippen LogP) is 4.30. The summed E-state index contributed by atoms with van der Waals surface area (Å²) in [6.07, 6.45) is 0.246. The van der Waals surface area contributed by atoms with Crippen LogP contribution in [0.5, 0.6) is 0 Å². The molecule has 160 valence electrons. The number of nitrogens with zero attached hydrogens (tertiary/aromatic N) is 2. The molecule has 1 saturated heterocycles. The fraction of sp³-hybridized carbons (Fsp3) is 0.409. The standard InChI is InChI=1S/C22H24F3N3O2/c23-22(24,25)17-7-9-18(10-8-17)27-20(29)11-6-16-4-3-13-28(15-16)21(30)14-19-5-1-2-12-26-19/h1-2,5,7-10,12,16H,3-4,6,11,13-15H2,(H,27,29)/t16-/m1/s1. The van der Waals surface area contributed by atoms with E-state index in [4.69, 9.17) is 0 Å². The van der Waals surface area contributed by atoms with E-state index in [1.807, 2.05) is 17.0 Å². The van der Waals surface area contributed by atoms with Crippen molar-refractivity contribution in [3.05, 3.63) is 59.9 Å². The van der Waals surface area contributed by atoms with Crippen LogP contribution in [0.1, 0.15) is 36.9 Å². The molecule has 0 bridgehead atoms. The largest absolute Gasteiger partial charge is 0.416 e. The first-order chi connectivity index (χ1) is 14.3. The molecule has 0 aliphatic carbocycles. The molecule has 5 nitrogen and oxygen atoms in total. The van der Waals surface area contributed by atoms with Crippen LogP contribution in [0, 0.1) is 5.92 Å². The van der Waals surface area contributed by atoms with Crippen LogP contribution in [0.4, 0.5) is 18.9 Å². The van der Waals surface area contributed by atoms with Crippen LogP contribution < -0.4 is 5.32 Å². The van der Waals surface area contributed by atoms with Crippen molar-refractivity contribution >= 4 is 17.5 Å². The Morgan fingerprint density at radius 3 is 2.57 bits per heavy atom. The lowest BCUT2D eigenvalue weighted by molar-refractivity contribution is -0.137. The molecule has 30 heavy (non-hydrogen) atoms. The fourth-order valence-corrected chi connectivity index (χ4v) is 3.60. The number of piperidine rings is 1. The highest BCUT2D eigenvalue weighted by atomic mass is 19.4. The van der Waals surface area contributed by atoms with E-state index in [1.54, 1.807) is 12.3 Å². The third-order valence-corrected chi connectivity index (χ3v) is 5.21. The molecule has 1 fully saturated rings. The minimum Gasteiger partial charge on any atom is -0.342 e. The van der Waals surface area contributed by atoms with E-state index in [0.717, 1.165) is 30.7 Å². The van der Waals surface area contributed by atoms with Gasteiger partial charge in [0.1, 0.15) is 0 Å². The van der Waals surface area contributed by atoms with Crippen molar-refractivity contribution in [3.8, 4) is 0 Å². The Kier molecular flexibility index (Phi) is 7.07. The highest BCUT2D eigenvalue weighted by Crippen LogP contribution is 2.30. The minimum atomic E-state index is -4.40. The number of carbonyl (C=O) groups is 2. The lowest BCUT2D eigenvalue weighted by Gasteiger charge is -2.32. The number of benzene rings is 1. The summed E-state index contributed by atoms with van der Waals surface area (Å²) in [5, 5.41) is 2.63. The quantitative estimate of drug-likeness (QED) is 0.759. The Labute approximate surface area is 173 Å². The molecule has 1 aromatic heterocycles. The van der Waals surface area contributed by atoms with Crippen molar-refractivity contribution in [1.82, 2.24) is 9.88 Å². The molecule has 1 aliphatic heterocycles. The zero-order valence-electron chi connectivity index (χ0n) is 16.5. The molecule has 0 saturated carbocycles. The van der Waals surface area contributed by atoms with Gasteiger partial charge in [-0.15, -0.1) is 0 Å². The van der Waals surface area contributed by atoms with E-state index < -0.39 is 11.7 Å². The molecule has 3 rings (SSSR count). The summed E-state index contributed by atoms with van der Waals surface area (Å²) in [7, 11) is 0. The van der Waals surface area contributed by atoms with Crippen LogP contribution in [-0.2, 0) is 22.2 Å². The van der Waals surface area contributed by atoms with Crippen LogP contribution in [0.25, 0.3) is 0 Å². The van der Waals surface area contributed by atoms with Crippen molar-refractivity contribution in [2.75, 3.05) is 18.4 Å². The number of carbonyl (C=O) groups excluding carboxylic acids is 2. The number of anilines is 1. The minimum absolute atomic E-state index is 0.0348. The maximum Gasteiger partial charge on any atom is 0.416 e. The summed E-state index contributed by atoms with van der Waals surface area (Å²) < 4.78 is 37.8. The number of halogens is 3. The predicted molar refractivity (Wildman–Crippen MR) is 107 cm³/mol. The second-order valence-electron chi connectivity index (χ2n) is 7.51. The number of amides is 2. The molecule has 2 amide bonds. The number of hydrogen-bond donors (Lipinski definition) is 1. The molecule has 1 N–H and O–H groups in total. The Balaban J connectivity index is 1.44. The van der Waals surface area contributed by atoms with Gasteiger partial charge in [-0.3, -0.25) is 14.6 Å². The summed E-state index contributed by atoms with van der Waals surface area (Å²) in [5.41, 5.74) is 0.322. The van der Waals surface area contributed by atoms with Gasteiger partial charge in [0.25, 0.3) is 0 Å². The highest BCUT2D eigenvalue weighted by molar-refractivity contribution is 5.90. The fourth-order valence-electron chi connectivity index (χ4n) is 3.60. The van der Waals surface area contributed by atoms with E-state index in [2.05, 4.69) is 10.3 Å². The maximum atomic E-state index is 12.6. The molecule has 1 aromatic carbocycles. The van der Waals surface area contributed by atoms with Gasteiger partial charge in [0.05, 0.1) is 12.0 Å². The van der Waals surface area contributed by atoms with Gasteiger partial charge in [-0.25, -0.2) is 0 Å². The van der Waals surface area contributed by atoms with Crippen molar-refractivity contribution in [3.63, 3.8) is 0 Å². The molecule has 0 unspecified atom stereocenters. The Bertz CT molecular complexity index is 854. The Hall–Kier alpha value is -2.90. The normalized spacial score (nSPS) is 16.9. The zero-order valence-corrected chi connectivity index (χ0v) is 16.5. The van der Waals surface area contributed by atoms with E-state index in [9.17, 15) is 22.8 Å². The molecule has 1 aliphatic rings. The molecule has 8 heteroatoms. The summed E-state index contributed by atoms with van der Waals surface area (Å²) in [5.74, 6) is 0.0177. The van der Waals surface area contributed by atoms with E-state index in [0.29, 0.717) is 25.2 Å². The summed E-state index contributed by atoms with van der Waals surface area (Å²) in [6, 6.07) is 9.87. The number of likely N-dealkylation sites (tertiary alicyclic amines) is 1. The monoisotopic (exact) mass is 419 g/mol. The summed E-state index contributed by atoms with van der Waals surface area (Å²) >= 11 is 0. The number of hydrogen-bond acceptors (Lipinski definition) is 3. The third-order valence-electron chi connectivity index (χ3n) is 5.21. The van der Waals surface area contributed by atoms with Gasteiger partial charge in [0, 0.05) is 37.1 Å². The highest BCUT2D eigenvalue weighted by Gasteiger charge is 2.30. The third kappa shape index (κ3) is 6.30. The smallest absolute Gasteiger partial charge is 0.342 e. The van der Waals surface area contributed by atoms with Crippen molar-refractivity contribution < 1.29 is 22.8 Å².